The second-order valence-corrected chi connectivity index (χ2v) is 4.74. The lowest BCUT2D eigenvalue weighted by Crippen LogP contribution is -2.19. The summed E-state index contributed by atoms with van der Waals surface area (Å²) in [6, 6.07) is 0. The van der Waals surface area contributed by atoms with E-state index in [2.05, 4.69) is 13.5 Å². The number of fused-ring (bicyclic) bond motifs is 1. The number of rotatable bonds is 2. The minimum absolute atomic E-state index is 0.367. The van der Waals surface area contributed by atoms with Crippen molar-refractivity contribution < 1.29 is 5.11 Å². The fourth-order valence-corrected chi connectivity index (χ4v) is 2.71. The molecular formula is C11H18O. The van der Waals surface area contributed by atoms with Gasteiger partial charge in [0.1, 0.15) is 0 Å². The standard InChI is InChI=1S/C11H18O/c1-8(2)9-3-4-11(7-12)6-10(11)5-9/h9-10,12H,1,3-7H2,2H3/t9-,10?,11?/m0/s1. The van der Waals surface area contributed by atoms with E-state index in [1.807, 2.05) is 0 Å². The molecule has 1 nitrogen and oxygen atoms in total. The summed E-state index contributed by atoms with van der Waals surface area (Å²) in [6.07, 6.45) is 5.04. The van der Waals surface area contributed by atoms with Crippen molar-refractivity contribution >= 4 is 0 Å². The molecule has 2 saturated carbocycles. The van der Waals surface area contributed by atoms with Crippen molar-refractivity contribution in [3.63, 3.8) is 0 Å². The fourth-order valence-electron chi connectivity index (χ4n) is 2.71. The van der Waals surface area contributed by atoms with Gasteiger partial charge in [-0.15, -0.1) is 0 Å². The van der Waals surface area contributed by atoms with Crippen LogP contribution in [0.4, 0.5) is 0 Å². The minimum atomic E-state index is 0.367. The third-order valence-electron chi connectivity index (χ3n) is 3.93. The quantitative estimate of drug-likeness (QED) is 0.624. The summed E-state index contributed by atoms with van der Waals surface area (Å²) >= 11 is 0. The molecule has 1 heteroatoms. The zero-order valence-electron chi connectivity index (χ0n) is 7.84. The first-order valence-corrected chi connectivity index (χ1v) is 4.94. The third-order valence-corrected chi connectivity index (χ3v) is 3.93. The van der Waals surface area contributed by atoms with Crippen LogP contribution in [0.15, 0.2) is 12.2 Å². The number of hydrogen-bond donors (Lipinski definition) is 1. The Morgan fingerprint density at radius 3 is 2.92 bits per heavy atom. The van der Waals surface area contributed by atoms with Gasteiger partial charge in [-0.05, 0) is 49.9 Å². The molecule has 0 spiro atoms. The maximum atomic E-state index is 9.19. The van der Waals surface area contributed by atoms with Gasteiger partial charge in [0, 0.05) is 6.61 Å². The zero-order chi connectivity index (χ0) is 8.77. The summed E-state index contributed by atoms with van der Waals surface area (Å²) in [5.41, 5.74) is 1.71. The molecule has 0 aliphatic heterocycles. The summed E-state index contributed by atoms with van der Waals surface area (Å²) in [4.78, 5) is 0. The Balaban J connectivity index is 1.96. The summed E-state index contributed by atoms with van der Waals surface area (Å²) < 4.78 is 0. The van der Waals surface area contributed by atoms with Crippen molar-refractivity contribution in [2.45, 2.75) is 32.6 Å². The highest BCUT2D eigenvalue weighted by Crippen LogP contribution is 2.62. The summed E-state index contributed by atoms with van der Waals surface area (Å²) in [7, 11) is 0. The molecule has 0 amide bonds. The molecule has 68 valence electrons. The van der Waals surface area contributed by atoms with E-state index in [4.69, 9.17) is 0 Å². The van der Waals surface area contributed by atoms with Crippen LogP contribution in [-0.4, -0.2) is 11.7 Å². The lowest BCUT2D eigenvalue weighted by molar-refractivity contribution is 0.158. The Morgan fingerprint density at radius 2 is 2.42 bits per heavy atom. The molecule has 0 heterocycles. The molecule has 2 unspecified atom stereocenters. The first-order chi connectivity index (χ1) is 5.68. The van der Waals surface area contributed by atoms with Gasteiger partial charge in [-0.2, -0.15) is 0 Å². The van der Waals surface area contributed by atoms with Crippen LogP contribution in [0.1, 0.15) is 32.6 Å². The van der Waals surface area contributed by atoms with Gasteiger partial charge in [0.2, 0.25) is 0 Å². The first-order valence-electron chi connectivity index (χ1n) is 4.94. The Labute approximate surface area is 74.5 Å². The van der Waals surface area contributed by atoms with E-state index in [0.717, 1.165) is 11.8 Å². The van der Waals surface area contributed by atoms with Crippen molar-refractivity contribution in [3.05, 3.63) is 12.2 Å². The average Bonchev–Trinajstić information content (AvgIpc) is 2.77. The van der Waals surface area contributed by atoms with Crippen LogP contribution < -0.4 is 0 Å². The van der Waals surface area contributed by atoms with Gasteiger partial charge in [-0.1, -0.05) is 12.2 Å². The number of aliphatic hydroxyl groups is 1. The normalized spacial score (nSPS) is 45.2. The van der Waals surface area contributed by atoms with Gasteiger partial charge in [0.05, 0.1) is 0 Å². The summed E-state index contributed by atoms with van der Waals surface area (Å²) in [5.74, 6) is 1.56. The predicted octanol–water partition coefficient (Wildman–Crippen LogP) is 2.36. The average molecular weight is 166 g/mol. The van der Waals surface area contributed by atoms with Crippen LogP contribution in [-0.2, 0) is 0 Å². The Bertz CT molecular complexity index is 209. The first kappa shape index (κ1) is 8.31. The van der Waals surface area contributed by atoms with E-state index in [9.17, 15) is 5.11 Å². The Kier molecular flexibility index (Phi) is 1.80. The maximum Gasteiger partial charge on any atom is 0.0490 e. The molecule has 0 saturated heterocycles. The van der Waals surface area contributed by atoms with E-state index < -0.39 is 0 Å². The van der Waals surface area contributed by atoms with E-state index in [-0.39, 0.29) is 0 Å². The van der Waals surface area contributed by atoms with Crippen LogP contribution in [0, 0.1) is 17.3 Å². The number of hydrogen-bond acceptors (Lipinski definition) is 1. The smallest absolute Gasteiger partial charge is 0.0490 e. The maximum absolute atomic E-state index is 9.19. The second-order valence-electron chi connectivity index (χ2n) is 4.74. The summed E-state index contributed by atoms with van der Waals surface area (Å²) in [5, 5.41) is 9.19. The molecular weight excluding hydrogens is 148 g/mol. The van der Waals surface area contributed by atoms with Crippen molar-refractivity contribution in [2.75, 3.05) is 6.61 Å². The monoisotopic (exact) mass is 166 g/mol. The molecule has 2 aliphatic carbocycles. The van der Waals surface area contributed by atoms with Gasteiger partial charge in [-0.3, -0.25) is 0 Å². The largest absolute Gasteiger partial charge is 0.396 e. The molecule has 0 aromatic rings. The highest BCUT2D eigenvalue weighted by atomic mass is 16.3. The van der Waals surface area contributed by atoms with Crippen molar-refractivity contribution in [1.82, 2.24) is 0 Å². The lowest BCUT2D eigenvalue weighted by Gasteiger charge is -2.27. The molecule has 3 atom stereocenters. The molecule has 0 aromatic carbocycles. The molecule has 2 aliphatic rings. The molecule has 1 N–H and O–H groups in total. The lowest BCUT2D eigenvalue weighted by atomic mass is 9.79. The van der Waals surface area contributed by atoms with Crippen LogP contribution in [0.3, 0.4) is 0 Å². The number of aliphatic hydroxyl groups excluding tert-OH is 1. The predicted molar refractivity (Wildman–Crippen MR) is 49.8 cm³/mol. The van der Waals surface area contributed by atoms with Gasteiger partial charge in [0.25, 0.3) is 0 Å². The van der Waals surface area contributed by atoms with Gasteiger partial charge in [0.15, 0.2) is 0 Å². The van der Waals surface area contributed by atoms with Crippen molar-refractivity contribution in [2.24, 2.45) is 17.3 Å². The van der Waals surface area contributed by atoms with Gasteiger partial charge in [-0.25, -0.2) is 0 Å². The van der Waals surface area contributed by atoms with Gasteiger partial charge < -0.3 is 5.11 Å². The second kappa shape index (κ2) is 2.59. The molecule has 0 radical (unpaired) electrons. The molecule has 2 fully saturated rings. The van der Waals surface area contributed by atoms with Crippen LogP contribution in [0.2, 0.25) is 0 Å². The molecule has 0 aromatic heterocycles. The summed E-state index contributed by atoms with van der Waals surface area (Å²) in [6.45, 7) is 6.57. The van der Waals surface area contributed by atoms with Gasteiger partial charge >= 0.3 is 0 Å². The third kappa shape index (κ3) is 1.11. The Hall–Kier alpha value is -0.300. The van der Waals surface area contributed by atoms with Crippen LogP contribution in [0.5, 0.6) is 0 Å². The van der Waals surface area contributed by atoms with Crippen molar-refractivity contribution in [3.8, 4) is 0 Å². The topological polar surface area (TPSA) is 20.2 Å². The molecule has 2 rings (SSSR count). The van der Waals surface area contributed by atoms with E-state index in [1.54, 1.807) is 0 Å². The molecule has 0 bridgehead atoms. The Morgan fingerprint density at radius 1 is 1.67 bits per heavy atom. The highest BCUT2D eigenvalue weighted by molar-refractivity contribution is 5.10. The van der Waals surface area contributed by atoms with Crippen LogP contribution in [0.25, 0.3) is 0 Å². The number of allylic oxidation sites excluding steroid dienone is 1. The minimum Gasteiger partial charge on any atom is -0.396 e. The highest BCUT2D eigenvalue weighted by Gasteiger charge is 2.55. The fraction of sp³-hybridized carbons (Fsp3) is 0.818. The van der Waals surface area contributed by atoms with E-state index >= 15 is 0 Å². The van der Waals surface area contributed by atoms with E-state index in [1.165, 1.54) is 31.3 Å². The van der Waals surface area contributed by atoms with E-state index in [0.29, 0.717) is 12.0 Å². The van der Waals surface area contributed by atoms with Crippen molar-refractivity contribution in [1.29, 1.82) is 0 Å². The zero-order valence-corrected chi connectivity index (χ0v) is 7.84. The SMILES string of the molecule is C=C(C)[C@H]1CCC2(CO)CC2C1. The van der Waals surface area contributed by atoms with Crippen LogP contribution >= 0.6 is 0 Å². The molecule has 12 heavy (non-hydrogen) atoms.